The molecule has 1 unspecified atom stereocenters. The highest BCUT2D eigenvalue weighted by atomic mass is 16.3. The van der Waals surface area contributed by atoms with Crippen LogP contribution in [0.25, 0.3) is 0 Å². The molecule has 0 aromatic heterocycles. The number of carbonyl (C=O) groups excluding carboxylic acids is 1. The van der Waals surface area contributed by atoms with Gasteiger partial charge < -0.3 is 14.9 Å². The molecule has 1 aromatic rings. The van der Waals surface area contributed by atoms with Crippen LogP contribution in [-0.2, 0) is 11.2 Å². The topological polar surface area (TPSA) is 43.8 Å². The van der Waals surface area contributed by atoms with Crippen LogP contribution in [0, 0.1) is 0 Å². The second kappa shape index (κ2) is 7.66. The van der Waals surface area contributed by atoms with Crippen LogP contribution in [-0.4, -0.2) is 42.1 Å². The van der Waals surface area contributed by atoms with E-state index >= 15 is 0 Å². The highest BCUT2D eigenvalue weighted by Crippen LogP contribution is 2.31. The number of aliphatic hydroxyl groups excluding tert-OH is 1. The number of fused-ring (bicyclic) bond motifs is 1. The minimum atomic E-state index is -0.423. The van der Waals surface area contributed by atoms with Crippen molar-refractivity contribution >= 4 is 11.6 Å². The molecule has 1 atom stereocenters. The average molecular weight is 330 g/mol. The van der Waals surface area contributed by atoms with Gasteiger partial charge in [0, 0.05) is 31.7 Å². The van der Waals surface area contributed by atoms with E-state index in [-0.39, 0.29) is 5.91 Å². The van der Waals surface area contributed by atoms with Crippen molar-refractivity contribution in [3.63, 3.8) is 0 Å². The molecule has 0 radical (unpaired) electrons. The van der Waals surface area contributed by atoms with E-state index in [1.54, 1.807) is 6.92 Å². The molecule has 1 aliphatic heterocycles. The zero-order valence-corrected chi connectivity index (χ0v) is 15.0. The number of rotatable bonds is 5. The van der Waals surface area contributed by atoms with Crippen LogP contribution in [0.2, 0.25) is 0 Å². The Morgan fingerprint density at radius 3 is 2.79 bits per heavy atom. The van der Waals surface area contributed by atoms with Crippen molar-refractivity contribution in [2.45, 2.75) is 64.0 Å². The van der Waals surface area contributed by atoms with Gasteiger partial charge in [0.1, 0.15) is 0 Å². The molecule has 1 saturated carbocycles. The minimum Gasteiger partial charge on any atom is -0.388 e. The summed E-state index contributed by atoms with van der Waals surface area (Å²) in [5.74, 6) is 0.0937. The first-order chi connectivity index (χ1) is 11.6. The summed E-state index contributed by atoms with van der Waals surface area (Å²) >= 11 is 0. The maximum atomic E-state index is 11.6. The highest BCUT2D eigenvalue weighted by Gasteiger charge is 2.24. The van der Waals surface area contributed by atoms with Crippen LogP contribution >= 0.6 is 0 Å². The molecule has 1 heterocycles. The van der Waals surface area contributed by atoms with E-state index in [1.807, 2.05) is 17.0 Å². The molecule has 1 aromatic carbocycles. The summed E-state index contributed by atoms with van der Waals surface area (Å²) < 4.78 is 0. The Hall–Kier alpha value is -1.39. The Balaban J connectivity index is 1.57. The van der Waals surface area contributed by atoms with Crippen molar-refractivity contribution in [1.29, 1.82) is 0 Å². The molecule has 1 amide bonds. The van der Waals surface area contributed by atoms with Crippen molar-refractivity contribution in [2.75, 3.05) is 25.0 Å². The predicted molar refractivity (Wildman–Crippen MR) is 97.3 cm³/mol. The summed E-state index contributed by atoms with van der Waals surface area (Å²) in [6.07, 6.45) is 7.88. The number of hydrogen-bond acceptors (Lipinski definition) is 3. The molecule has 4 nitrogen and oxygen atoms in total. The van der Waals surface area contributed by atoms with Crippen molar-refractivity contribution in [3.8, 4) is 0 Å². The Kier molecular flexibility index (Phi) is 5.57. The smallest absolute Gasteiger partial charge is 0.223 e. The van der Waals surface area contributed by atoms with Gasteiger partial charge in [-0.3, -0.25) is 4.79 Å². The molecule has 132 valence electrons. The van der Waals surface area contributed by atoms with Crippen molar-refractivity contribution in [3.05, 3.63) is 29.3 Å². The summed E-state index contributed by atoms with van der Waals surface area (Å²) in [4.78, 5) is 15.9. The van der Waals surface area contributed by atoms with E-state index in [2.05, 4.69) is 18.0 Å². The molecule has 0 spiro atoms. The molecular formula is C20H30N2O2. The molecular weight excluding hydrogens is 300 g/mol. The van der Waals surface area contributed by atoms with Gasteiger partial charge in [0.2, 0.25) is 5.91 Å². The van der Waals surface area contributed by atoms with Gasteiger partial charge in [-0.05, 0) is 49.9 Å². The number of hydrogen-bond donors (Lipinski definition) is 1. The number of nitrogens with zero attached hydrogens (tertiary/aromatic N) is 2. The first kappa shape index (κ1) is 17.4. The van der Waals surface area contributed by atoms with Gasteiger partial charge in [-0.2, -0.15) is 0 Å². The quantitative estimate of drug-likeness (QED) is 0.901. The maximum absolute atomic E-state index is 11.6. The van der Waals surface area contributed by atoms with E-state index in [0.717, 1.165) is 37.2 Å². The third kappa shape index (κ3) is 3.81. The predicted octanol–water partition coefficient (Wildman–Crippen LogP) is 3.28. The Morgan fingerprint density at radius 2 is 2.08 bits per heavy atom. The second-order valence-electron chi connectivity index (χ2n) is 7.39. The van der Waals surface area contributed by atoms with Crippen LogP contribution < -0.4 is 4.90 Å². The van der Waals surface area contributed by atoms with Crippen LogP contribution in [0.15, 0.2) is 18.2 Å². The van der Waals surface area contributed by atoms with Gasteiger partial charge in [-0.15, -0.1) is 0 Å². The van der Waals surface area contributed by atoms with Crippen molar-refractivity contribution in [2.24, 2.45) is 0 Å². The lowest BCUT2D eigenvalue weighted by atomic mass is 9.94. The zero-order chi connectivity index (χ0) is 17.1. The third-order valence-electron chi connectivity index (χ3n) is 5.72. The van der Waals surface area contributed by atoms with Gasteiger partial charge in [-0.25, -0.2) is 0 Å². The van der Waals surface area contributed by atoms with Gasteiger partial charge >= 0.3 is 0 Å². The van der Waals surface area contributed by atoms with Gasteiger partial charge in [0.25, 0.3) is 0 Å². The number of carbonyl (C=O) groups is 1. The third-order valence-corrected chi connectivity index (χ3v) is 5.72. The van der Waals surface area contributed by atoms with E-state index in [1.165, 1.54) is 37.7 Å². The van der Waals surface area contributed by atoms with Gasteiger partial charge in [0.05, 0.1) is 6.10 Å². The van der Waals surface area contributed by atoms with Crippen molar-refractivity contribution < 1.29 is 9.90 Å². The molecule has 4 heteroatoms. The van der Waals surface area contributed by atoms with Crippen LogP contribution in [0.1, 0.15) is 62.7 Å². The number of amides is 1. The molecule has 24 heavy (non-hydrogen) atoms. The summed E-state index contributed by atoms with van der Waals surface area (Å²) in [5, 5.41) is 10.6. The maximum Gasteiger partial charge on any atom is 0.223 e. The van der Waals surface area contributed by atoms with E-state index in [0.29, 0.717) is 6.04 Å². The van der Waals surface area contributed by atoms with E-state index < -0.39 is 6.10 Å². The average Bonchev–Trinajstić information content (AvgIpc) is 3.03. The number of aliphatic hydroxyl groups is 1. The molecule has 1 fully saturated rings. The first-order valence-electron chi connectivity index (χ1n) is 9.35. The minimum absolute atomic E-state index is 0.0937. The fourth-order valence-electron chi connectivity index (χ4n) is 4.15. The lowest BCUT2D eigenvalue weighted by Crippen LogP contribution is -2.34. The Bertz CT molecular complexity index is 581. The molecule has 0 saturated heterocycles. The monoisotopic (exact) mass is 330 g/mol. The number of anilines is 1. The van der Waals surface area contributed by atoms with Crippen LogP contribution in [0.5, 0.6) is 0 Å². The van der Waals surface area contributed by atoms with E-state index in [9.17, 15) is 9.90 Å². The fraction of sp³-hybridized carbons (Fsp3) is 0.650. The SMILES string of the molecule is CC(=O)N1CCc2cc(C(O)CCN(C)C3CCCCC3)ccc21. The van der Waals surface area contributed by atoms with Gasteiger partial charge in [0.15, 0.2) is 0 Å². The van der Waals surface area contributed by atoms with Crippen molar-refractivity contribution in [1.82, 2.24) is 4.90 Å². The standard InChI is InChI=1S/C20H30N2O2/c1-15(23)22-13-10-16-14-17(8-9-19(16)22)20(24)11-12-21(2)18-6-4-3-5-7-18/h8-9,14,18,20,24H,3-7,10-13H2,1-2H3. The highest BCUT2D eigenvalue weighted by molar-refractivity contribution is 5.93. The lowest BCUT2D eigenvalue weighted by molar-refractivity contribution is -0.116. The molecule has 0 bridgehead atoms. The van der Waals surface area contributed by atoms with E-state index in [4.69, 9.17) is 0 Å². The molecule has 1 N–H and O–H groups in total. The Morgan fingerprint density at radius 1 is 1.33 bits per heavy atom. The Labute approximate surface area is 145 Å². The van der Waals surface area contributed by atoms with Gasteiger partial charge in [-0.1, -0.05) is 31.4 Å². The first-order valence-corrected chi connectivity index (χ1v) is 9.35. The fourth-order valence-corrected chi connectivity index (χ4v) is 4.15. The van der Waals surface area contributed by atoms with Crippen LogP contribution in [0.4, 0.5) is 5.69 Å². The lowest BCUT2D eigenvalue weighted by Gasteiger charge is -2.31. The summed E-state index contributed by atoms with van der Waals surface area (Å²) in [5.41, 5.74) is 3.18. The zero-order valence-electron chi connectivity index (χ0n) is 15.0. The molecule has 1 aliphatic carbocycles. The molecule has 2 aliphatic rings. The summed E-state index contributed by atoms with van der Waals surface area (Å²) in [7, 11) is 2.19. The summed E-state index contributed by atoms with van der Waals surface area (Å²) in [6, 6.07) is 6.75. The number of benzene rings is 1. The normalized spacial score (nSPS) is 19.6. The van der Waals surface area contributed by atoms with Crippen LogP contribution in [0.3, 0.4) is 0 Å². The summed E-state index contributed by atoms with van der Waals surface area (Å²) in [6.45, 7) is 3.30. The second-order valence-corrected chi connectivity index (χ2v) is 7.39. The molecule has 3 rings (SSSR count). The largest absolute Gasteiger partial charge is 0.388 e.